The lowest BCUT2D eigenvalue weighted by Crippen LogP contribution is -2.17. The summed E-state index contributed by atoms with van der Waals surface area (Å²) >= 11 is 3.25. The molecule has 2 atom stereocenters. The highest BCUT2D eigenvalue weighted by molar-refractivity contribution is 7.13. The summed E-state index contributed by atoms with van der Waals surface area (Å²) in [6.07, 6.45) is 18.6. The molecule has 0 fully saturated rings. The smallest absolute Gasteiger partial charge is 0.351 e. The summed E-state index contributed by atoms with van der Waals surface area (Å²) in [7, 11) is 1.31. The molecule has 4 aromatic rings. The number of methoxy groups -OCH3 is 1. The van der Waals surface area contributed by atoms with E-state index in [0.29, 0.717) is 55.4 Å². The van der Waals surface area contributed by atoms with Crippen LogP contribution in [-0.2, 0) is 27.2 Å². The predicted molar refractivity (Wildman–Crippen MR) is 271 cm³/mol. The quantitative estimate of drug-likeness (QED) is 0.0342. The Bertz CT molecular complexity index is 2470. The normalized spacial score (nSPS) is 12.5. The van der Waals surface area contributed by atoms with Crippen LogP contribution in [0.4, 0.5) is 0 Å². The molecule has 0 aliphatic rings. The lowest BCUT2D eigenvalue weighted by atomic mass is 9.98. The second-order valence-corrected chi connectivity index (χ2v) is 17.9. The Morgan fingerprint density at radius 2 is 1.07 bits per heavy atom. The Hall–Kier alpha value is -5.86. The van der Waals surface area contributed by atoms with Gasteiger partial charge in [-0.3, -0.25) is 9.59 Å². The Kier molecular flexibility index (Phi) is 26.9. The van der Waals surface area contributed by atoms with Crippen LogP contribution in [0.3, 0.4) is 0 Å². The van der Waals surface area contributed by atoms with Gasteiger partial charge in [-0.25, -0.2) is 19.2 Å². The summed E-state index contributed by atoms with van der Waals surface area (Å²) in [5, 5.41) is 29.6. The van der Waals surface area contributed by atoms with Crippen LogP contribution in [0, 0.1) is 0 Å². The Labute approximate surface area is 403 Å². The molecular formula is C53H70O12S2. The van der Waals surface area contributed by atoms with Crippen molar-refractivity contribution < 1.29 is 48.1 Å². The average Bonchev–Trinajstić information content (AvgIpc) is 3.94. The molecule has 0 aliphatic carbocycles. The third-order valence-electron chi connectivity index (χ3n) is 10.5. The van der Waals surface area contributed by atoms with Crippen LogP contribution in [0.2, 0.25) is 0 Å². The average molecular weight is 963 g/mol. The van der Waals surface area contributed by atoms with Crippen LogP contribution >= 0.6 is 22.7 Å². The van der Waals surface area contributed by atoms with E-state index >= 15 is 0 Å². The number of carboxylic acid groups (broad SMARTS) is 1. The number of hydrogen-bond donors (Lipinski definition) is 3. The zero-order chi connectivity index (χ0) is 48.1. The van der Waals surface area contributed by atoms with Crippen molar-refractivity contribution in [3.63, 3.8) is 0 Å². The predicted octanol–water partition coefficient (Wildman–Crippen LogP) is 13.3. The van der Waals surface area contributed by atoms with Gasteiger partial charge in [0.15, 0.2) is 11.6 Å². The highest BCUT2D eigenvalue weighted by Gasteiger charge is 2.25. The molecular weight excluding hydrogens is 893 g/mol. The first-order valence-electron chi connectivity index (χ1n) is 22.1. The molecule has 14 heteroatoms. The fraction of sp³-hybridized carbons (Fsp3) is 0.434. The number of unbranched alkanes of at least 4 members (excludes halogenated alkanes) is 2. The molecule has 3 N–H and O–H groups in total. The molecule has 0 saturated heterocycles. The number of esters is 1. The minimum atomic E-state index is -1.02. The van der Waals surface area contributed by atoms with Crippen LogP contribution in [0.5, 0.6) is 11.5 Å². The Balaban J connectivity index is 0.000000651. The summed E-state index contributed by atoms with van der Waals surface area (Å²) in [4.78, 5) is 77.3. The minimum absolute atomic E-state index is 0. The van der Waals surface area contributed by atoms with Crippen molar-refractivity contribution >= 4 is 58.3 Å². The third-order valence-corrected chi connectivity index (χ3v) is 12.7. The van der Waals surface area contributed by atoms with Gasteiger partial charge in [-0.15, -0.1) is 22.7 Å². The van der Waals surface area contributed by atoms with Crippen molar-refractivity contribution in [1.82, 2.24) is 0 Å². The number of carbonyl (C=O) groups is 4. The SMILES string of the molecule is C.C.CCCCc1ccc(C=C(CC)C(=O)c2c(O)cc(C(C)CC/C=C/C(=O)O)oc2=O)s1.CCCCc1ccc(C=C(CC)C(=O)c2c(O)cc(C(C)CC/C=C/C(=O)OC)oc2=O)s1. The van der Waals surface area contributed by atoms with Gasteiger partial charge in [0.05, 0.1) is 7.11 Å². The number of aliphatic carboxylic acids is 1. The van der Waals surface area contributed by atoms with Gasteiger partial charge in [-0.2, -0.15) is 0 Å². The number of carboxylic acids is 1. The number of hydrogen-bond acceptors (Lipinski definition) is 13. The van der Waals surface area contributed by atoms with Gasteiger partial charge in [0.1, 0.15) is 34.1 Å². The second-order valence-electron chi connectivity index (χ2n) is 15.5. The van der Waals surface area contributed by atoms with E-state index in [2.05, 4.69) is 30.7 Å². The van der Waals surface area contributed by atoms with Crippen molar-refractivity contribution in [2.24, 2.45) is 0 Å². The largest absolute Gasteiger partial charge is 0.507 e. The zero-order valence-corrected chi connectivity index (χ0v) is 40.0. The molecule has 0 amide bonds. The first kappa shape index (κ1) is 59.2. The summed E-state index contributed by atoms with van der Waals surface area (Å²) in [6, 6.07) is 10.7. The highest BCUT2D eigenvalue weighted by atomic mass is 32.1. The van der Waals surface area contributed by atoms with Gasteiger partial charge in [-0.1, -0.05) is 81.4 Å². The topological polar surface area (TPSA) is 199 Å². The van der Waals surface area contributed by atoms with E-state index in [9.17, 15) is 39.0 Å². The fourth-order valence-corrected chi connectivity index (χ4v) is 8.59. The summed E-state index contributed by atoms with van der Waals surface area (Å²) in [5.41, 5.74) is -1.55. The first-order valence-corrected chi connectivity index (χ1v) is 23.8. The van der Waals surface area contributed by atoms with Gasteiger partial charge in [0, 0.05) is 66.8 Å². The zero-order valence-electron chi connectivity index (χ0n) is 38.4. The van der Waals surface area contributed by atoms with Crippen LogP contribution < -0.4 is 11.3 Å². The second kappa shape index (κ2) is 30.4. The van der Waals surface area contributed by atoms with Gasteiger partial charge in [0.2, 0.25) is 0 Å². The van der Waals surface area contributed by atoms with Crippen molar-refractivity contribution in [2.75, 3.05) is 7.11 Å². The monoisotopic (exact) mass is 962 g/mol. The van der Waals surface area contributed by atoms with E-state index < -0.39 is 40.5 Å². The molecule has 0 bridgehead atoms. The number of rotatable bonds is 24. The number of Topliss-reactive ketones (excluding diaryl/α,β-unsaturated/α-hetero) is 2. The molecule has 12 nitrogen and oxygen atoms in total. The fourth-order valence-electron chi connectivity index (χ4n) is 6.55. The highest BCUT2D eigenvalue weighted by Crippen LogP contribution is 2.30. The number of carbonyl (C=O) groups excluding carboxylic acids is 3. The van der Waals surface area contributed by atoms with Gasteiger partial charge in [0.25, 0.3) is 0 Å². The lowest BCUT2D eigenvalue weighted by molar-refractivity contribution is -0.135. The van der Waals surface area contributed by atoms with E-state index in [1.807, 2.05) is 32.9 Å². The van der Waals surface area contributed by atoms with Crippen molar-refractivity contribution in [2.45, 2.75) is 145 Å². The van der Waals surface area contributed by atoms with Crippen molar-refractivity contribution in [3.05, 3.63) is 135 Å². The number of thiophene rings is 2. The Morgan fingerprint density at radius 3 is 1.42 bits per heavy atom. The molecule has 4 aromatic heterocycles. The molecule has 67 heavy (non-hydrogen) atoms. The number of aryl methyl sites for hydroxylation is 2. The van der Waals surface area contributed by atoms with Crippen LogP contribution in [-0.4, -0.2) is 45.9 Å². The van der Waals surface area contributed by atoms with E-state index in [1.165, 1.54) is 41.1 Å². The molecule has 0 spiro atoms. The Morgan fingerprint density at radius 1 is 0.672 bits per heavy atom. The summed E-state index contributed by atoms with van der Waals surface area (Å²) in [5.74, 6) is -3.17. The van der Waals surface area contributed by atoms with E-state index in [1.54, 1.807) is 47.8 Å². The molecule has 4 heterocycles. The lowest BCUT2D eigenvalue weighted by Gasteiger charge is -2.11. The van der Waals surface area contributed by atoms with E-state index in [0.717, 1.165) is 54.4 Å². The molecule has 366 valence electrons. The minimum Gasteiger partial charge on any atom is -0.507 e. The van der Waals surface area contributed by atoms with Gasteiger partial charge < -0.3 is 28.9 Å². The number of ether oxygens (including phenoxy) is 1. The maximum Gasteiger partial charge on any atom is 0.351 e. The molecule has 4 rings (SSSR count). The van der Waals surface area contributed by atoms with Crippen molar-refractivity contribution in [1.29, 1.82) is 0 Å². The standard InChI is InChI=1S/C26H32O6S.C25H30O6S.2CH4/c1-5-7-11-19-13-14-20(33-19)15-18(6-2)25(29)24-21(27)16-22(32-26(24)30)17(3)10-8-9-12-23(28)31-4;1-4-6-10-18-12-13-19(32-18)14-17(5-2)24(29)23-20(26)15-21(31-25(23)30)16(3)9-7-8-11-22(27)28;;/h9,12-17,27H,5-8,10-11H2,1-4H3;8,11-16,26H,4-7,9-10H2,1-3H3,(H,27,28);2*1H4/b12-9+,18-15?;11-8+,17-14?;;. The summed E-state index contributed by atoms with van der Waals surface area (Å²) in [6.45, 7) is 11.6. The van der Waals surface area contributed by atoms with E-state index in [4.69, 9.17) is 13.9 Å². The van der Waals surface area contributed by atoms with Crippen LogP contribution in [0.1, 0.15) is 184 Å². The molecule has 0 aliphatic heterocycles. The maximum atomic E-state index is 13.0. The molecule has 0 saturated carbocycles. The van der Waals surface area contributed by atoms with Gasteiger partial charge in [-0.05, 0) is 101 Å². The third kappa shape index (κ3) is 18.7. The number of allylic oxidation sites excluding steroid dienone is 4. The van der Waals surface area contributed by atoms with E-state index in [-0.39, 0.29) is 49.3 Å². The first-order chi connectivity index (χ1) is 31.1. The molecule has 2 unspecified atom stereocenters. The maximum absolute atomic E-state index is 13.0. The number of ketones is 2. The van der Waals surface area contributed by atoms with Crippen LogP contribution in [0.25, 0.3) is 12.2 Å². The molecule has 0 aromatic carbocycles. The molecule has 0 radical (unpaired) electrons. The van der Waals surface area contributed by atoms with Crippen molar-refractivity contribution in [3.8, 4) is 11.5 Å². The summed E-state index contributed by atoms with van der Waals surface area (Å²) < 4.78 is 15.3. The van der Waals surface area contributed by atoms with Gasteiger partial charge >= 0.3 is 23.2 Å². The number of aromatic hydroxyl groups is 2. The van der Waals surface area contributed by atoms with Crippen LogP contribution in [0.15, 0.2) is 90.3 Å².